The van der Waals surface area contributed by atoms with E-state index in [9.17, 15) is 26.4 Å². The standard InChI is InChI=1S/C16H14ClF3N2O4S/c1-9(23)21-10-3-6-15(26-2)14(7-10)22-27(24,25)11-4-5-13(17)12(8-11)16(18,19)20/h3-8,22H,1-2H3,(H,21,23). The highest BCUT2D eigenvalue weighted by Gasteiger charge is 2.34. The minimum atomic E-state index is -4.81. The van der Waals surface area contributed by atoms with E-state index in [1.807, 2.05) is 0 Å². The number of anilines is 2. The first-order valence-corrected chi connectivity index (χ1v) is 9.15. The van der Waals surface area contributed by atoms with Crippen LogP contribution in [0.3, 0.4) is 0 Å². The van der Waals surface area contributed by atoms with E-state index in [-0.39, 0.29) is 23.0 Å². The van der Waals surface area contributed by atoms with Gasteiger partial charge in [-0.25, -0.2) is 8.42 Å². The maximum Gasteiger partial charge on any atom is 0.417 e. The molecule has 0 aromatic heterocycles. The van der Waals surface area contributed by atoms with Gasteiger partial charge in [-0.3, -0.25) is 9.52 Å². The van der Waals surface area contributed by atoms with Crippen LogP contribution in [0, 0.1) is 0 Å². The second kappa shape index (κ2) is 7.65. The summed E-state index contributed by atoms with van der Waals surface area (Å²) >= 11 is 5.51. The van der Waals surface area contributed by atoms with Crippen LogP contribution in [0.2, 0.25) is 5.02 Å². The van der Waals surface area contributed by atoms with Crippen molar-refractivity contribution in [3.63, 3.8) is 0 Å². The summed E-state index contributed by atoms with van der Waals surface area (Å²) in [6.45, 7) is 1.26. The van der Waals surface area contributed by atoms with E-state index in [0.29, 0.717) is 6.07 Å². The minimum Gasteiger partial charge on any atom is -0.495 e. The molecule has 0 heterocycles. The van der Waals surface area contributed by atoms with Gasteiger partial charge in [0.2, 0.25) is 5.91 Å². The van der Waals surface area contributed by atoms with Gasteiger partial charge in [0, 0.05) is 12.6 Å². The highest BCUT2D eigenvalue weighted by molar-refractivity contribution is 7.92. The summed E-state index contributed by atoms with van der Waals surface area (Å²) in [5.74, 6) is -0.279. The molecule has 0 atom stereocenters. The fraction of sp³-hybridized carbons (Fsp3) is 0.188. The van der Waals surface area contributed by atoms with Gasteiger partial charge in [0.25, 0.3) is 10.0 Å². The number of hydrogen-bond donors (Lipinski definition) is 2. The van der Waals surface area contributed by atoms with Crippen LogP contribution in [0.4, 0.5) is 24.5 Å². The van der Waals surface area contributed by atoms with Gasteiger partial charge in [-0.2, -0.15) is 13.2 Å². The first kappa shape index (κ1) is 20.8. The number of rotatable bonds is 5. The molecule has 0 unspecified atom stereocenters. The van der Waals surface area contributed by atoms with Crippen molar-refractivity contribution >= 4 is 38.9 Å². The first-order chi connectivity index (χ1) is 12.4. The molecule has 0 saturated heterocycles. The third-order valence-corrected chi connectivity index (χ3v) is 5.01. The maximum atomic E-state index is 13.0. The Bertz CT molecular complexity index is 978. The summed E-state index contributed by atoms with van der Waals surface area (Å²) in [7, 11) is -3.11. The fourth-order valence-corrected chi connectivity index (χ4v) is 3.47. The summed E-state index contributed by atoms with van der Waals surface area (Å²) < 4.78 is 71.2. The van der Waals surface area contributed by atoms with E-state index in [1.54, 1.807) is 0 Å². The molecule has 146 valence electrons. The topological polar surface area (TPSA) is 84.5 Å². The summed E-state index contributed by atoms with van der Waals surface area (Å²) in [6, 6.07) is 6.38. The monoisotopic (exact) mass is 422 g/mol. The van der Waals surface area contributed by atoms with Crippen molar-refractivity contribution in [2.24, 2.45) is 0 Å². The van der Waals surface area contributed by atoms with Crippen LogP contribution < -0.4 is 14.8 Å². The predicted molar refractivity (Wildman–Crippen MR) is 94.6 cm³/mol. The summed E-state index contributed by atoms with van der Waals surface area (Å²) in [4.78, 5) is 10.5. The molecule has 2 rings (SSSR count). The molecule has 0 aliphatic rings. The number of carbonyl (C=O) groups is 1. The second-order valence-electron chi connectivity index (χ2n) is 5.34. The van der Waals surface area contributed by atoms with Gasteiger partial charge in [0.1, 0.15) is 5.75 Å². The number of sulfonamides is 1. The van der Waals surface area contributed by atoms with E-state index in [0.717, 1.165) is 12.1 Å². The number of alkyl halides is 3. The van der Waals surface area contributed by atoms with Gasteiger partial charge >= 0.3 is 6.18 Å². The predicted octanol–water partition coefficient (Wildman–Crippen LogP) is 4.13. The third kappa shape index (κ3) is 5.04. The number of hydrogen-bond acceptors (Lipinski definition) is 4. The number of benzene rings is 2. The Labute approximate surface area is 158 Å². The Kier molecular flexibility index (Phi) is 5.91. The van der Waals surface area contributed by atoms with Gasteiger partial charge in [-0.1, -0.05) is 11.6 Å². The van der Waals surface area contributed by atoms with Crippen LogP contribution in [0.5, 0.6) is 5.75 Å². The van der Waals surface area contributed by atoms with Gasteiger partial charge in [-0.05, 0) is 36.4 Å². The van der Waals surface area contributed by atoms with E-state index in [1.165, 1.54) is 32.2 Å². The van der Waals surface area contributed by atoms with Gasteiger partial charge in [0.15, 0.2) is 0 Å². The van der Waals surface area contributed by atoms with Crippen molar-refractivity contribution in [2.45, 2.75) is 18.0 Å². The second-order valence-corrected chi connectivity index (χ2v) is 7.43. The van der Waals surface area contributed by atoms with Crippen LogP contribution in [-0.4, -0.2) is 21.4 Å². The average molecular weight is 423 g/mol. The Morgan fingerprint density at radius 2 is 1.81 bits per heavy atom. The first-order valence-electron chi connectivity index (χ1n) is 7.29. The Balaban J connectivity index is 2.46. The van der Waals surface area contributed by atoms with Gasteiger partial charge in [-0.15, -0.1) is 0 Å². The lowest BCUT2D eigenvalue weighted by Crippen LogP contribution is -2.16. The van der Waals surface area contributed by atoms with Crippen LogP contribution in [0.25, 0.3) is 0 Å². The molecule has 0 radical (unpaired) electrons. The molecular weight excluding hydrogens is 409 g/mol. The van der Waals surface area contributed by atoms with Crippen LogP contribution in [0.1, 0.15) is 12.5 Å². The largest absolute Gasteiger partial charge is 0.495 e. The molecule has 2 aromatic rings. The molecule has 1 amide bonds. The third-order valence-electron chi connectivity index (χ3n) is 3.32. The summed E-state index contributed by atoms with van der Waals surface area (Å²) in [5, 5.41) is 1.84. The number of methoxy groups -OCH3 is 1. The minimum absolute atomic E-state index is 0.0627. The molecule has 6 nitrogen and oxygen atoms in total. The smallest absolute Gasteiger partial charge is 0.417 e. The lowest BCUT2D eigenvalue weighted by atomic mass is 10.2. The van der Waals surface area contributed by atoms with Crippen molar-refractivity contribution in [3.8, 4) is 5.75 Å². The molecular formula is C16H14ClF3N2O4S. The van der Waals surface area contributed by atoms with Gasteiger partial charge in [0.05, 0.1) is 28.3 Å². The zero-order valence-corrected chi connectivity index (χ0v) is 15.6. The summed E-state index contributed by atoms with van der Waals surface area (Å²) in [6.07, 6.45) is -4.81. The van der Waals surface area contributed by atoms with Crippen molar-refractivity contribution < 1.29 is 31.1 Å². The fourth-order valence-electron chi connectivity index (χ4n) is 2.16. The highest BCUT2D eigenvalue weighted by Crippen LogP contribution is 2.37. The molecule has 0 aliphatic heterocycles. The van der Waals surface area contributed by atoms with E-state index in [4.69, 9.17) is 16.3 Å². The number of carbonyl (C=O) groups excluding carboxylic acids is 1. The number of ether oxygens (including phenoxy) is 1. The average Bonchev–Trinajstić information content (AvgIpc) is 2.53. The highest BCUT2D eigenvalue weighted by atomic mass is 35.5. The maximum absolute atomic E-state index is 13.0. The molecule has 11 heteroatoms. The normalized spacial score (nSPS) is 11.8. The number of halogens is 4. The number of amides is 1. The van der Waals surface area contributed by atoms with Crippen LogP contribution in [0.15, 0.2) is 41.3 Å². The van der Waals surface area contributed by atoms with E-state index < -0.39 is 31.7 Å². The molecule has 2 N–H and O–H groups in total. The lowest BCUT2D eigenvalue weighted by Gasteiger charge is -2.15. The van der Waals surface area contributed by atoms with Crippen molar-refractivity contribution in [1.29, 1.82) is 0 Å². The van der Waals surface area contributed by atoms with Gasteiger partial charge < -0.3 is 10.1 Å². The molecule has 27 heavy (non-hydrogen) atoms. The Morgan fingerprint density at radius 3 is 2.37 bits per heavy atom. The molecule has 0 spiro atoms. The SMILES string of the molecule is COc1ccc(NC(C)=O)cc1NS(=O)(=O)c1ccc(Cl)c(C(F)(F)F)c1. The van der Waals surface area contributed by atoms with E-state index >= 15 is 0 Å². The van der Waals surface area contributed by atoms with Crippen molar-refractivity contribution in [2.75, 3.05) is 17.1 Å². The molecule has 2 aromatic carbocycles. The Morgan fingerprint density at radius 1 is 1.15 bits per heavy atom. The lowest BCUT2D eigenvalue weighted by molar-refractivity contribution is -0.137. The van der Waals surface area contributed by atoms with E-state index in [2.05, 4.69) is 10.0 Å². The Hall–Kier alpha value is -2.46. The zero-order chi connectivity index (χ0) is 20.4. The molecule has 0 fully saturated rings. The summed E-state index contributed by atoms with van der Waals surface area (Å²) in [5.41, 5.74) is -1.06. The zero-order valence-electron chi connectivity index (χ0n) is 14.0. The van der Waals surface area contributed by atoms with Crippen LogP contribution >= 0.6 is 11.6 Å². The molecule has 0 saturated carbocycles. The van der Waals surface area contributed by atoms with Crippen molar-refractivity contribution in [3.05, 3.63) is 47.0 Å². The molecule has 0 aliphatic carbocycles. The van der Waals surface area contributed by atoms with Crippen LogP contribution in [-0.2, 0) is 21.0 Å². The quantitative estimate of drug-likeness (QED) is 0.758. The van der Waals surface area contributed by atoms with Crippen molar-refractivity contribution in [1.82, 2.24) is 0 Å². The number of nitrogens with one attached hydrogen (secondary N) is 2. The molecule has 0 bridgehead atoms.